The number of nitrogens with one attached hydrogen (secondary N) is 1. The molecule has 0 spiro atoms. The highest BCUT2D eigenvalue weighted by Crippen LogP contribution is 2.16. The minimum absolute atomic E-state index is 0.0189. The van der Waals surface area contributed by atoms with Gasteiger partial charge in [-0.25, -0.2) is 0 Å². The molecule has 0 radical (unpaired) electrons. The number of thiophene rings is 1. The van der Waals surface area contributed by atoms with Crippen molar-refractivity contribution in [2.75, 3.05) is 26.2 Å². The van der Waals surface area contributed by atoms with E-state index in [0.29, 0.717) is 11.9 Å². The van der Waals surface area contributed by atoms with Gasteiger partial charge in [0, 0.05) is 30.5 Å². The first-order valence-electron chi connectivity index (χ1n) is 6.81. The Morgan fingerprint density at radius 1 is 1.30 bits per heavy atom. The van der Waals surface area contributed by atoms with Crippen molar-refractivity contribution in [2.24, 2.45) is 0 Å². The largest absolute Gasteiger partial charge is 0.340 e. The zero-order chi connectivity index (χ0) is 13.9. The molecule has 0 saturated carbocycles. The zero-order valence-electron chi connectivity index (χ0n) is 11.2. The van der Waals surface area contributed by atoms with Crippen molar-refractivity contribution >= 4 is 27.3 Å². The van der Waals surface area contributed by atoms with Crippen LogP contribution in [0.4, 0.5) is 0 Å². The van der Waals surface area contributed by atoms with Crippen LogP contribution < -0.4 is 10.9 Å². The van der Waals surface area contributed by atoms with Crippen molar-refractivity contribution in [3.05, 3.63) is 34.1 Å². The predicted octanol–water partition coefficient (Wildman–Crippen LogP) is 0.885. The quantitative estimate of drug-likeness (QED) is 0.894. The molecule has 3 heterocycles. The number of hydrogen-bond donors (Lipinski definition) is 1. The second kappa shape index (κ2) is 5.76. The second-order valence-electron chi connectivity index (χ2n) is 4.93. The lowest BCUT2D eigenvalue weighted by Gasteiger charge is -2.20. The van der Waals surface area contributed by atoms with Crippen molar-refractivity contribution in [2.45, 2.75) is 13.0 Å². The molecule has 1 aliphatic heterocycles. The van der Waals surface area contributed by atoms with E-state index in [4.69, 9.17) is 0 Å². The first-order chi connectivity index (χ1) is 9.75. The summed E-state index contributed by atoms with van der Waals surface area (Å²) < 4.78 is 2.48. The molecule has 2 aromatic heterocycles. The molecule has 3 rings (SSSR count). The van der Waals surface area contributed by atoms with E-state index in [-0.39, 0.29) is 18.0 Å². The lowest BCUT2D eigenvalue weighted by Crippen LogP contribution is -2.38. The predicted molar refractivity (Wildman–Crippen MR) is 80.2 cm³/mol. The van der Waals surface area contributed by atoms with Gasteiger partial charge in [-0.05, 0) is 30.5 Å². The minimum Gasteiger partial charge on any atom is -0.340 e. The molecule has 1 aliphatic rings. The molecule has 0 aliphatic carbocycles. The summed E-state index contributed by atoms with van der Waals surface area (Å²) in [5, 5.41) is 5.87. The lowest BCUT2D eigenvalue weighted by molar-refractivity contribution is -0.131. The summed E-state index contributed by atoms with van der Waals surface area (Å²) in [6.07, 6.45) is 2.68. The van der Waals surface area contributed by atoms with Gasteiger partial charge in [-0.15, -0.1) is 11.3 Å². The van der Waals surface area contributed by atoms with Crippen LogP contribution in [0.1, 0.15) is 6.42 Å². The Bertz CT molecular complexity index is 668. The van der Waals surface area contributed by atoms with Crippen LogP contribution in [0.2, 0.25) is 0 Å². The summed E-state index contributed by atoms with van der Waals surface area (Å²) in [5.74, 6) is 0.0189. The molecule has 0 bridgehead atoms. The molecule has 2 aromatic rings. The zero-order valence-corrected chi connectivity index (χ0v) is 12.0. The standard InChI is InChI=1S/C14H17N3O2S/c18-13(16-6-1-4-15-5-8-16)10-17-7-2-12-11(14(17)19)3-9-20-12/h2-3,7,9,15H,1,4-6,8,10H2. The van der Waals surface area contributed by atoms with Crippen LogP contribution in [0.15, 0.2) is 28.5 Å². The van der Waals surface area contributed by atoms with E-state index in [1.807, 2.05) is 22.4 Å². The van der Waals surface area contributed by atoms with E-state index in [0.717, 1.165) is 30.8 Å². The molecule has 0 unspecified atom stereocenters. The molecule has 6 heteroatoms. The Morgan fingerprint density at radius 2 is 2.20 bits per heavy atom. The van der Waals surface area contributed by atoms with Crippen LogP contribution in [-0.4, -0.2) is 41.6 Å². The Hall–Kier alpha value is -1.66. The molecule has 5 nitrogen and oxygen atoms in total. The SMILES string of the molecule is O=C(Cn1ccc2sccc2c1=O)N1CCCNCC1. The number of aromatic nitrogens is 1. The molecule has 1 amide bonds. The molecule has 1 fully saturated rings. The average Bonchev–Trinajstić information content (AvgIpc) is 2.76. The van der Waals surface area contributed by atoms with Crippen LogP contribution in [0.3, 0.4) is 0 Å². The van der Waals surface area contributed by atoms with E-state index in [9.17, 15) is 9.59 Å². The number of fused-ring (bicyclic) bond motifs is 1. The van der Waals surface area contributed by atoms with Crippen molar-refractivity contribution < 1.29 is 4.79 Å². The number of hydrogen-bond acceptors (Lipinski definition) is 4. The molecule has 1 N–H and O–H groups in total. The summed E-state index contributed by atoms with van der Waals surface area (Å²) in [7, 11) is 0. The van der Waals surface area contributed by atoms with Crippen LogP contribution in [-0.2, 0) is 11.3 Å². The summed E-state index contributed by atoms with van der Waals surface area (Å²) in [6.45, 7) is 3.38. The van der Waals surface area contributed by atoms with Gasteiger partial charge >= 0.3 is 0 Å². The van der Waals surface area contributed by atoms with Crippen LogP contribution in [0, 0.1) is 0 Å². The van der Waals surface area contributed by atoms with Gasteiger partial charge in [0.05, 0.1) is 5.39 Å². The third-order valence-electron chi connectivity index (χ3n) is 3.59. The molecule has 0 aromatic carbocycles. The Balaban J connectivity index is 1.79. The summed E-state index contributed by atoms with van der Waals surface area (Å²) in [5.41, 5.74) is -0.0787. The lowest BCUT2D eigenvalue weighted by atomic mass is 10.3. The van der Waals surface area contributed by atoms with Gasteiger partial charge in [-0.3, -0.25) is 9.59 Å². The van der Waals surface area contributed by atoms with Gasteiger partial charge in [0.1, 0.15) is 6.54 Å². The van der Waals surface area contributed by atoms with Gasteiger partial charge in [0.25, 0.3) is 5.56 Å². The van der Waals surface area contributed by atoms with Crippen molar-refractivity contribution in [1.82, 2.24) is 14.8 Å². The highest BCUT2D eigenvalue weighted by molar-refractivity contribution is 7.17. The average molecular weight is 291 g/mol. The van der Waals surface area contributed by atoms with Gasteiger partial charge in [-0.2, -0.15) is 0 Å². The molecule has 20 heavy (non-hydrogen) atoms. The molecular formula is C14H17N3O2S. The summed E-state index contributed by atoms with van der Waals surface area (Å²) >= 11 is 1.54. The number of carbonyl (C=O) groups is 1. The van der Waals surface area contributed by atoms with Gasteiger partial charge in [-0.1, -0.05) is 0 Å². The molecule has 1 saturated heterocycles. The molecule has 0 atom stereocenters. The third-order valence-corrected chi connectivity index (χ3v) is 4.47. The van der Waals surface area contributed by atoms with Gasteiger partial charge < -0.3 is 14.8 Å². The van der Waals surface area contributed by atoms with E-state index in [1.54, 1.807) is 17.5 Å². The Morgan fingerprint density at radius 3 is 3.10 bits per heavy atom. The number of carbonyl (C=O) groups excluding carboxylic acids is 1. The smallest absolute Gasteiger partial charge is 0.259 e. The minimum atomic E-state index is -0.0787. The van der Waals surface area contributed by atoms with E-state index < -0.39 is 0 Å². The van der Waals surface area contributed by atoms with E-state index in [2.05, 4.69) is 5.32 Å². The van der Waals surface area contributed by atoms with Crippen LogP contribution >= 0.6 is 11.3 Å². The second-order valence-corrected chi connectivity index (χ2v) is 5.88. The van der Waals surface area contributed by atoms with Crippen molar-refractivity contribution in [3.63, 3.8) is 0 Å². The summed E-state index contributed by atoms with van der Waals surface area (Å²) in [4.78, 5) is 26.4. The van der Waals surface area contributed by atoms with E-state index in [1.165, 1.54) is 4.57 Å². The monoisotopic (exact) mass is 291 g/mol. The van der Waals surface area contributed by atoms with Gasteiger partial charge in [0.15, 0.2) is 0 Å². The number of pyridine rings is 1. The fourth-order valence-corrected chi connectivity index (χ4v) is 3.24. The number of rotatable bonds is 2. The molecular weight excluding hydrogens is 274 g/mol. The van der Waals surface area contributed by atoms with Crippen LogP contribution in [0.25, 0.3) is 10.1 Å². The highest BCUT2D eigenvalue weighted by Gasteiger charge is 2.16. The maximum absolute atomic E-state index is 12.3. The number of nitrogens with zero attached hydrogens (tertiary/aromatic N) is 2. The fourth-order valence-electron chi connectivity index (χ4n) is 2.47. The first kappa shape index (κ1) is 13.3. The number of amides is 1. The summed E-state index contributed by atoms with van der Waals surface area (Å²) in [6, 6.07) is 3.72. The maximum Gasteiger partial charge on any atom is 0.259 e. The molecule has 106 valence electrons. The maximum atomic E-state index is 12.3. The normalized spacial score (nSPS) is 16.3. The van der Waals surface area contributed by atoms with Crippen molar-refractivity contribution in [1.29, 1.82) is 0 Å². The third kappa shape index (κ3) is 2.62. The van der Waals surface area contributed by atoms with Crippen LogP contribution in [0.5, 0.6) is 0 Å². The Labute approximate surface area is 120 Å². The van der Waals surface area contributed by atoms with Gasteiger partial charge in [0.2, 0.25) is 5.91 Å². The van der Waals surface area contributed by atoms with Crippen molar-refractivity contribution in [3.8, 4) is 0 Å². The van der Waals surface area contributed by atoms with E-state index >= 15 is 0 Å². The highest BCUT2D eigenvalue weighted by atomic mass is 32.1. The first-order valence-corrected chi connectivity index (χ1v) is 7.69. The Kier molecular flexibility index (Phi) is 3.84. The fraction of sp³-hybridized carbons (Fsp3) is 0.429. The topological polar surface area (TPSA) is 54.3 Å².